The molecule has 1 saturated heterocycles. The Kier molecular flexibility index (Phi) is 6.49. The molecule has 1 amide bonds. The number of hydrogen-bond donors (Lipinski definition) is 1. The molecule has 8 heteroatoms. The smallest absolute Gasteiger partial charge is 0.328 e. The van der Waals surface area contributed by atoms with E-state index >= 15 is 0 Å². The second-order valence-electron chi connectivity index (χ2n) is 6.47. The Morgan fingerprint density at radius 1 is 1.30 bits per heavy atom. The third kappa shape index (κ3) is 4.88. The predicted molar refractivity (Wildman–Crippen MR) is 103 cm³/mol. The number of likely N-dealkylation sites (tertiary alicyclic amines) is 1. The molecule has 0 aliphatic carbocycles. The molecule has 0 bridgehead atoms. The normalized spacial score (nSPS) is 17.0. The maximum atomic E-state index is 12.6. The first kappa shape index (κ1) is 19.4. The summed E-state index contributed by atoms with van der Waals surface area (Å²) in [5.74, 6) is 0.475. The molecule has 1 aliphatic heterocycles. The SMILES string of the molecule is CCOC(=O)[C@@H]1CCCCN1C(=O)CSc1n[nH]c(-c2ccc(C)cc2)n1. The van der Waals surface area contributed by atoms with E-state index in [1.54, 1.807) is 11.8 Å². The minimum absolute atomic E-state index is 0.0839. The zero-order chi connectivity index (χ0) is 19.2. The number of esters is 1. The maximum Gasteiger partial charge on any atom is 0.328 e. The number of carbonyl (C=O) groups is 2. The van der Waals surface area contributed by atoms with Crippen LogP contribution in [0.25, 0.3) is 11.4 Å². The van der Waals surface area contributed by atoms with Crippen LogP contribution in [0.3, 0.4) is 0 Å². The van der Waals surface area contributed by atoms with Gasteiger partial charge in [-0.1, -0.05) is 41.6 Å². The number of nitrogens with zero attached hydrogens (tertiary/aromatic N) is 3. The largest absolute Gasteiger partial charge is 0.464 e. The minimum Gasteiger partial charge on any atom is -0.464 e. The first-order chi connectivity index (χ1) is 13.1. The number of rotatable bonds is 6. The van der Waals surface area contributed by atoms with Crippen LogP contribution in [-0.4, -0.2) is 56.9 Å². The number of aryl methyl sites for hydroxylation is 1. The number of aromatic amines is 1. The van der Waals surface area contributed by atoms with Crippen LogP contribution < -0.4 is 0 Å². The average Bonchev–Trinajstić information content (AvgIpc) is 3.16. The number of hydrogen-bond acceptors (Lipinski definition) is 6. The topological polar surface area (TPSA) is 88.2 Å². The molecule has 0 unspecified atom stereocenters. The predicted octanol–water partition coefficient (Wildman–Crippen LogP) is 2.82. The highest BCUT2D eigenvalue weighted by molar-refractivity contribution is 7.99. The minimum atomic E-state index is -0.470. The Morgan fingerprint density at radius 3 is 2.81 bits per heavy atom. The second-order valence-corrected chi connectivity index (χ2v) is 7.41. The molecule has 1 aromatic heterocycles. The molecular formula is C19H24N4O3S. The van der Waals surface area contributed by atoms with Crippen LogP contribution in [0.2, 0.25) is 0 Å². The number of aromatic nitrogens is 3. The fourth-order valence-corrected chi connectivity index (χ4v) is 3.76. The summed E-state index contributed by atoms with van der Waals surface area (Å²) < 4.78 is 5.12. The third-order valence-electron chi connectivity index (χ3n) is 4.50. The zero-order valence-electron chi connectivity index (χ0n) is 15.6. The number of carbonyl (C=O) groups excluding carboxylic acids is 2. The standard InChI is InChI=1S/C19H24N4O3S/c1-3-26-18(25)15-6-4-5-11-23(15)16(24)12-27-19-20-17(21-22-19)14-9-7-13(2)8-10-14/h7-10,15H,3-6,11-12H2,1-2H3,(H,20,21,22)/t15-/m0/s1. The molecule has 1 aromatic carbocycles. The van der Waals surface area contributed by atoms with E-state index in [1.165, 1.54) is 17.3 Å². The molecule has 1 aliphatic rings. The van der Waals surface area contributed by atoms with E-state index in [1.807, 2.05) is 31.2 Å². The van der Waals surface area contributed by atoms with Crippen molar-refractivity contribution in [2.24, 2.45) is 0 Å². The molecule has 0 radical (unpaired) electrons. The molecule has 0 spiro atoms. The maximum absolute atomic E-state index is 12.6. The van der Waals surface area contributed by atoms with E-state index in [0.29, 0.717) is 30.6 Å². The van der Waals surface area contributed by atoms with Crippen LogP contribution in [-0.2, 0) is 14.3 Å². The molecule has 2 aromatic rings. The van der Waals surface area contributed by atoms with Crippen LogP contribution in [0.5, 0.6) is 0 Å². The van der Waals surface area contributed by atoms with E-state index in [2.05, 4.69) is 15.2 Å². The number of thioether (sulfide) groups is 1. The van der Waals surface area contributed by atoms with Gasteiger partial charge in [0.1, 0.15) is 6.04 Å². The molecule has 1 atom stereocenters. The van der Waals surface area contributed by atoms with Gasteiger partial charge in [-0.3, -0.25) is 9.89 Å². The Bertz CT molecular complexity index is 791. The van der Waals surface area contributed by atoms with Crippen LogP contribution in [0.4, 0.5) is 0 Å². The summed E-state index contributed by atoms with van der Waals surface area (Å²) in [4.78, 5) is 30.8. The van der Waals surface area contributed by atoms with Gasteiger partial charge in [0.15, 0.2) is 5.82 Å². The molecular weight excluding hydrogens is 364 g/mol. The van der Waals surface area contributed by atoms with Gasteiger partial charge in [-0.2, -0.15) is 0 Å². The van der Waals surface area contributed by atoms with Crippen molar-refractivity contribution in [2.75, 3.05) is 18.9 Å². The monoisotopic (exact) mass is 388 g/mol. The molecule has 144 valence electrons. The molecule has 27 heavy (non-hydrogen) atoms. The van der Waals surface area contributed by atoms with E-state index in [4.69, 9.17) is 4.74 Å². The van der Waals surface area contributed by atoms with E-state index < -0.39 is 6.04 Å². The van der Waals surface area contributed by atoms with Crippen LogP contribution in [0, 0.1) is 6.92 Å². The number of benzene rings is 1. The Labute approximate surface area is 162 Å². The Balaban J connectivity index is 1.59. The first-order valence-corrected chi connectivity index (χ1v) is 10.2. The Morgan fingerprint density at radius 2 is 2.07 bits per heavy atom. The number of nitrogens with one attached hydrogen (secondary N) is 1. The highest BCUT2D eigenvalue weighted by Gasteiger charge is 2.33. The molecule has 1 N–H and O–H groups in total. The van der Waals surface area contributed by atoms with E-state index in [9.17, 15) is 9.59 Å². The summed E-state index contributed by atoms with van der Waals surface area (Å²) in [6.45, 7) is 4.72. The summed E-state index contributed by atoms with van der Waals surface area (Å²) in [6.07, 6.45) is 2.50. The van der Waals surface area contributed by atoms with Crippen LogP contribution in [0.15, 0.2) is 29.4 Å². The van der Waals surface area contributed by atoms with Crippen molar-refractivity contribution >= 4 is 23.6 Å². The lowest BCUT2D eigenvalue weighted by atomic mass is 10.0. The molecule has 2 heterocycles. The highest BCUT2D eigenvalue weighted by Crippen LogP contribution is 2.23. The fraction of sp³-hybridized carbons (Fsp3) is 0.474. The van der Waals surface area contributed by atoms with Gasteiger partial charge in [0.05, 0.1) is 12.4 Å². The number of amides is 1. The summed E-state index contributed by atoms with van der Waals surface area (Å²) in [5, 5.41) is 7.60. The van der Waals surface area contributed by atoms with Gasteiger partial charge in [-0.15, -0.1) is 5.10 Å². The molecule has 7 nitrogen and oxygen atoms in total. The van der Waals surface area contributed by atoms with Crippen molar-refractivity contribution < 1.29 is 14.3 Å². The second kappa shape index (κ2) is 9.03. The zero-order valence-corrected chi connectivity index (χ0v) is 16.4. The number of piperidine rings is 1. The van der Waals surface area contributed by atoms with Crippen molar-refractivity contribution in [1.82, 2.24) is 20.1 Å². The summed E-state index contributed by atoms with van der Waals surface area (Å²) in [5.41, 5.74) is 2.13. The van der Waals surface area contributed by atoms with Crippen molar-refractivity contribution in [1.29, 1.82) is 0 Å². The summed E-state index contributed by atoms with van der Waals surface area (Å²) >= 11 is 1.27. The fourth-order valence-electron chi connectivity index (χ4n) is 3.07. The first-order valence-electron chi connectivity index (χ1n) is 9.17. The summed E-state index contributed by atoms with van der Waals surface area (Å²) in [7, 11) is 0. The van der Waals surface area contributed by atoms with Crippen molar-refractivity contribution in [3.8, 4) is 11.4 Å². The molecule has 1 fully saturated rings. The van der Waals surface area contributed by atoms with Crippen molar-refractivity contribution in [3.63, 3.8) is 0 Å². The van der Waals surface area contributed by atoms with Crippen LogP contribution >= 0.6 is 11.8 Å². The number of ether oxygens (including phenoxy) is 1. The van der Waals surface area contributed by atoms with Crippen molar-refractivity contribution in [2.45, 2.75) is 44.3 Å². The lowest BCUT2D eigenvalue weighted by Gasteiger charge is -2.33. The highest BCUT2D eigenvalue weighted by atomic mass is 32.2. The third-order valence-corrected chi connectivity index (χ3v) is 5.33. The van der Waals surface area contributed by atoms with Gasteiger partial charge >= 0.3 is 5.97 Å². The van der Waals surface area contributed by atoms with Gasteiger partial charge in [0.2, 0.25) is 11.1 Å². The van der Waals surface area contributed by atoms with Crippen LogP contribution in [0.1, 0.15) is 31.7 Å². The molecule has 0 saturated carbocycles. The quantitative estimate of drug-likeness (QED) is 0.605. The van der Waals surface area contributed by atoms with Gasteiger partial charge in [0, 0.05) is 12.1 Å². The van der Waals surface area contributed by atoms with Gasteiger partial charge in [0.25, 0.3) is 0 Å². The van der Waals surface area contributed by atoms with Gasteiger partial charge in [-0.05, 0) is 33.1 Å². The number of H-pyrrole nitrogens is 1. The van der Waals surface area contributed by atoms with Gasteiger partial charge < -0.3 is 9.64 Å². The summed E-state index contributed by atoms with van der Waals surface area (Å²) in [6, 6.07) is 7.52. The lowest BCUT2D eigenvalue weighted by Crippen LogP contribution is -2.49. The van der Waals surface area contributed by atoms with E-state index in [-0.39, 0.29) is 17.6 Å². The molecule has 3 rings (SSSR count). The van der Waals surface area contributed by atoms with E-state index in [0.717, 1.165) is 18.4 Å². The Hall–Kier alpha value is -2.35. The van der Waals surface area contributed by atoms with Crippen molar-refractivity contribution in [3.05, 3.63) is 29.8 Å². The van der Waals surface area contributed by atoms with Gasteiger partial charge in [-0.25, -0.2) is 9.78 Å². The average molecular weight is 388 g/mol. The lowest BCUT2D eigenvalue weighted by molar-refractivity contribution is -0.155.